The lowest BCUT2D eigenvalue weighted by Gasteiger charge is -2.41. The first-order valence-corrected chi connectivity index (χ1v) is 15.8. The fourth-order valence-corrected chi connectivity index (χ4v) is 7.04. The van der Waals surface area contributed by atoms with Gasteiger partial charge in [0, 0.05) is 50.5 Å². The van der Waals surface area contributed by atoms with Gasteiger partial charge in [0.2, 0.25) is 0 Å². The number of hydrogen-bond acceptors (Lipinski definition) is 7. The molecule has 0 aliphatic carbocycles. The summed E-state index contributed by atoms with van der Waals surface area (Å²) >= 11 is 6.68. The second kappa shape index (κ2) is 12.5. The molecular formula is C34H37ClN6O3. The van der Waals surface area contributed by atoms with Crippen LogP contribution in [0.2, 0.25) is 5.15 Å². The average Bonchev–Trinajstić information content (AvgIpc) is 3.65. The molecule has 0 bridgehead atoms. The predicted molar refractivity (Wildman–Crippen MR) is 171 cm³/mol. The molecule has 2 aromatic carbocycles. The number of pyridine rings is 1. The number of nitrogens with zero attached hydrogens (tertiary/aromatic N) is 6. The number of nitriles is 1. The molecule has 9 nitrogen and oxygen atoms in total. The van der Waals surface area contributed by atoms with Crippen LogP contribution in [-0.4, -0.2) is 71.6 Å². The maximum Gasteiger partial charge on any atom is 0.332 e. The Labute approximate surface area is 263 Å². The van der Waals surface area contributed by atoms with Gasteiger partial charge in [-0.25, -0.2) is 14.7 Å². The molecule has 6 rings (SSSR count). The number of urea groups is 1. The van der Waals surface area contributed by atoms with Gasteiger partial charge in [0.25, 0.3) is 5.91 Å². The van der Waals surface area contributed by atoms with E-state index in [4.69, 9.17) is 16.3 Å². The van der Waals surface area contributed by atoms with Crippen molar-refractivity contribution in [1.29, 1.82) is 5.26 Å². The van der Waals surface area contributed by atoms with E-state index in [0.29, 0.717) is 61.7 Å². The molecule has 0 radical (unpaired) electrons. The number of aromatic nitrogens is 1. The molecule has 3 saturated heterocycles. The third-order valence-electron chi connectivity index (χ3n) is 9.11. The van der Waals surface area contributed by atoms with Crippen molar-refractivity contribution < 1.29 is 14.3 Å². The number of hydrogen-bond donors (Lipinski definition) is 0. The molecule has 1 aromatic heterocycles. The van der Waals surface area contributed by atoms with Crippen LogP contribution in [0.25, 0.3) is 11.3 Å². The highest BCUT2D eigenvalue weighted by Crippen LogP contribution is 2.42. The van der Waals surface area contributed by atoms with Crippen molar-refractivity contribution in [3.05, 3.63) is 70.9 Å². The molecule has 0 unspecified atom stereocenters. The first-order chi connectivity index (χ1) is 21.4. The molecule has 1 spiro atoms. The van der Waals surface area contributed by atoms with E-state index in [-0.39, 0.29) is 22.8 Å². The van der Waals surface area contributed by atoms with Gasteiger partial charge in [-0.3, -0.25) is 9.69 Å². The van der Waals surface area contributed by atoms with Gasteiger partial charge in [-0.05, 0) is 87.6 Å². The van der Waals surface area contributed by atoms with Crippen LogP contribution in [0.15, 0.2) is 54.6 Å². The van der Waals surface area contributed by atoms with E-state index in [9.17, 15) is 14.9 Å². The Bertz CT molecular complexity index is 1590. The number of likely N-dealkylation sites (tertiary alicyclic amines) is 1. The van der Waals surface area contributed by atoms with Crippen LogP contribution >= 0.6 is 11.6 Å². The average molecular weight is 613 g/mol. The van der Waals surface area contributed by atoms with Crippen molar-refractivity contribution in [2.75, 3.05) is 49.1 Å². The maximum absolute atomic E-state index is 14.1. The van der Waals surface area contributed by atoms with Gasteiger partial charge < -0.3 is 14.5 Å². The third-order valence-corrected chi connectivity index (χ3v) is 9.39. The molecule has 3 aromatic rings. The number of benzene rings is 2. The Balaban J connectivity index is 1.19. The van der Waals surface area contributed by atoms with Crippen molar-refractivity contribution in [2.45, 2.75) is 51.6 Å². The second-order valence-electron chi connectivity index (χ2n) is 11.6. The number of anilines is 2. The third kappa shape index (κ3) is 5.37. The van der Waals surface area contributed by atoms with Crippen molar-refractivity contribution in [3.63, 3.8) is 0 Å². The summed E-state index contributed by atoms with van der Waals surface area (Å²) in [5.41, 5.74) is 3.44. The molecule has 44 heavy (non-hydrogen) atoms. The molecule has 0 atom stereocenters. The van der Waals surface area contributed by atoms with E-state index in [0.717, 1.165) is 19.6 Å². The molecular weight excluding hydrogens is 576 g/mol. The van der Waals surface area contributed by atoms with Crippen LogP contribution in [0.3, 0.4) is 0 Å². The lowest BCUT2D eigenvalue weighted by molar-refractivity contribution is -0.127. The number of ether oxygens (including phenoxy) is 1. The minimum absolute atomic E-state index is 0.0388. The van der Waals surface area contributed by atoms with Crippen LogP contribution in [0.4, 0.5) is 16.2 Å². The predicted octanol–water partition coefficient (Wildman–Crippen LogP) is 6.10. The van der Waals surface area contributed by atoms with Gasteiger partial charge in [0.05, 0.1) is 29.6 Å². The zero-order valence-electron chi connectivity index (χ0n) is 25.3. The van der Waals surface area contributed by atoms with Crippen LogP contribution in [-0.2, 0) is 11.3 Å². The zero-order valence-corrected chi connectivity index (χ0v) is 26.0. The van der Waals surface area contributed by atoms with Gasteiger partial charge >= 0.3 is 6.03 Å². The smallest absolute Gasteiger partial charge is 0.332 e. The molecule has 3 aliphatic rings. The minimum atomic E-state index is -0.910. The zero-order chi connectivity index (χ0) is 30.8. The highest BCUT2D eigenvalue weighted by Gasteiger charge is 2.58. The molecule has 3 fully saturated rings. The summed E-state index contributed by atoms with van der Waals surface area (Å²) in [6.07, 6.45) is 3.61. The summed E-state index contributed by atoms with van der Waals surface area (Å²) in [4.78, 5) is 40.1. The molecule has 0 N–H and O–H groups in total. The number of halogens is 1. The lowest BCUT2D eigenvalue weighted by Crippen LogP contribution is -2.56. The quantitative estimate of drug-likeness (QED) is 0.224. The van der Waals surface area contributed by atoms with Gasteiger partial charge in [-0.1, -0.05) is 23.7 Å². The van der Waals surface area contributed by atoms with Crippen LogP contribution < -0.4 is 14.5 Å². The molecule has 10 heteroatoms. The van der Waals surface area contributed by atoms with Gasteiger partial charge in [0.1, 0.15) is 11.3 Å². The lowest BCUT2D eigenvalue weighted by atomic mass is 9.85. The maximum atomic E-state index is 14.1. The first kappa shape index (κ1) is 29.9. The summed E-state index contributed by atoms with van der Waals surface area (Å²) in [6.45, 7) is 9.12. The van der Waals surface area contributed by atoms with Crippen LogP contribution in [0, 0.1) is 11.3 Å². The minimum Gasteiger partial charge on any atom is -0.493 e. The van der Waals surface area contributed by atoms with E-state index >= 15 is 0 Å². The summed E-state index contributed by atoms with van der Waals surface area (Å²) in [5, 5.41) is 9.45. The number of amides is 3. The second-order valence-corrected chi connectivity index (χ2v) is 12.0. The highest BCUT2D eigenvalue weighted by molar-refractivity contribution is 6.35. The molecule has 3 aliphatic heterocycles. The van der Waals surface area contributed by atoms with Crippen LogP contribution in [0.1, 0.15) is 50.7 Å². The normalized spacial score (nSPS) is 18.4. The van der Waals surface area contributed by atoms with Crippen molar-refractivity contribution in [3.8, 4) is 23.1 Å². The summed E-state index contributed by atoms with van der Waals surface area (Å²) in [7, 11) is 0. The number of carbonyl (C=O) groups is 2. The van der Waals surface area contributed by atoms with E-state index in [1.165, 1.54) is 29.0 Å². The topological polar surface area (TPSA) is 93.0 Å². The Kier molecular flexibility index (Phi) is 8.48. The summed E-state index contributed by atoms with van der Waals surface area (Å²) in [5.74, 6) is 0.318. The largest absolute Gasteiger partial charge is 0.493 e. The SMILES string of the molecule is CCOc1ccc(C#N)cc1-c1ccc(N2C(=O)N(CC)C3(CCN(Cc4ccc(N5CCCC5)cc4)CC3)C2=O)c(Cl)n1. The van der Waals surface area contributed by atoms with E-state index in [1.807, 2.05) is 13.8 Å². The van der Waals surface area contributed by atoms with Crippen molar-refractivity contribution >= 4 is 34.9 Å². The van der Waals surface area contributed by atoms with Crippen molar-refractivity contribution in [2.24, 2.45) is 0 Å². The highest BCUT2D eigenvalue weighted by atomic mass is 35.5. The number of carbonyl (C=O) groups excluding carboxylic acids is 2. The first-order valence-electron chi connectivity index (χ1n) is 15.4. The number of piperidine rings is 1. The van der Waals surface area contributed by atoms with E-state index in [1.54, 1.807) is 35.2 Å². The Hall–Kier alpha value is -4.13. The molecule has 0 saturated carbocycles. The standard InChI is InChI=1S/C34H37ClN6O3/c1-3-40-33(43)41(29-13-12-28(37-31(29)35)27-21-25(22-36)9-14-30(27)44-4-2)32(42)34(40)15-19-38(20-16-34)23-24-7-10-26(11-8-24)39-17-5-6-18-39/h7-14,21H,3-6,15-20,23H2,1-2H3. The summed E-state index contributed by atoms with van der Waals surface area (Å²) < 4.78 is 5.75. The number of imide groups is 1. The fraction of sp³-hybridized carbons (Fsp3) is 0.412. The van der Waals surface area contributed by atoms with Crippen LogP contribution in [0.5, 0.6) is 5.75 Å². The molecule has 3 amide bonds. The van der Waals surface area contributed by atoms with Gasteiger partial charge in [-0.2, -0.15) is 5.26 Å². The summed E-state index contributed by atoms with van der Waals surface area (Å²) in [6, 6.07) is 19.1. The fourth-order valence-electron chi connectivity index (χ4n) is 6.80. The van der Waals surface area contributed by atoms with E-state index < -0.39 is 5.54 Å². The Morgan fingerprint density at radius 2 is 1.70 bits per heavy atom. The molecule has 4 heterocycles. The van der Waals surface area contributed by atoms with Gasteiger partial charge in [0.15, 0.2) is 5.15 Å². The van der Waals surface area contributed by atoms with E-state index in [2.05, 4.69) is 45.1 Å². The van der Waals surface area contributed by atoms with Crippen molar-refractivity contribution in [1.82, 2.24) is 14.8 Å². The number of likely N-dealkylation sites (N-methyl/N-ethyl adjacent to an activating group) is 1. The Morgan fingerprint density at radius 3 is 2.34 bits per heavy atom. The number of rotatable bonds is 8. The van der Waals surface area contributed by atoms with Gasteiger partial charge in [-0.15, -0.1) is 0 Å². The molecule has 228 valence electrons. The monoisotopic (exact) mass is 612 g/mol. The Morgan fingerprint density at radius 1 is 0.977 bits per heavy atom.